The molecule has 1 aromatic rings. The molecule has 0 fully saturated rings. The lowest BCUT2D eigenvalue weighted by atomic mass is 10.0. The summed E-state index contributed by atoms with van der Waals surface area (Å²) in [6, 6.07) is 11.4. The van der Waals surface area contributed by atoms with E-state index in [1.807, 2.05) is 0 Å². The maximum atomic E-state index is 2.60. The van der Waals surface area contributed by atoms with Gasteiger partial charge >= 0.3 is 0 Å². The fraction of sp³-hybridized carbons (Fsp3) is 0.565. The molecule has 1 heteroatoms. The first-order valence-electron chi connectivity index (χ1n) is 9.24. The molecule has 0 bridgehead atoms. The molecule has 0 aliphatic heterocycles. The van der Waals surface area contributed by atoms with Crippen molar-refractivity contribution >= 4 is 13.3 Å². The molecule has 0 saturated carbocycles. The molecule has 0 radical (unpaired) electrons. The summed E-state index contributed by atoms with van der Waals surface area (Å²) < 4.78 is 0. The van der Waals surface area contributed by atoms with Crippen LogP contribution in [0.15, 0.2) is 53.1 Å². The molecule has 1 unspecified atom stereocenters. The minimum Gasteiger partial charge on any atom is -0.0736 e. The molecule has 0 saturated heterocycles. The average Bonchev–Trinajstić information content (AvgIpc) is 2.62. The Bertz CT molecular complexity index is 663. The SMILES string of the molecule is CC1=CC(C)([Si](c2ccccc2)(C(C)(C)C)C(C)(C)C)C(C)=C1C. The van der Waals surface area contributed by atoms with Crippen LogP contribution in [0.2, 0.25) is 15.1 Å². The average molecular weight is 341 g/mol. The van der Waals surface area contributed by atoms with Gasteiger partial charge in [-0.1, -0.05) is 101 Å². The van der Waals surface area contributed by atoms with E-state index in [1.54, 1.807) is 10.8 Å². The van der Waals surface area contributed by atoms with Crippen molar-refractivity contribution in [2.45, 2.75) is 84.4 Å². The highest BCUT2D eigenvalue weighted by molar-refractivity contribution is 6.99. The molecule has 0 aromatic heterocycles. The number of rotatable bonds is 2. The maximum absolute atomic E-state index is 2.60. The van der Waals surface area contributed by atoms with Gasteiger partial charge in [-0.25, -0.2) is 0 Å². The summed E-state index contributed by atoms with van der Waals surface area (Å²) in [5, 5.41) is 2.21. The van der Waals surface area contributed by atoms with Gasteiger partial charge in [0, 0.05) is 5.04 Å². The third-order valence-electron chi connectivity index (χ3n) is 6.67. The Morgan fingerprint density at radius 1 is 0.792 bits per heavy atom. The highest BCUT2D eigenvalue weighted by Crippen LogP contribution is 2.67. The van der Waals surface area contributed by atoms with Crippen molar-refractivity contribution in [1.82, 2.24) is 0 Å². The summed E-state index contributed by atoms with van der Waals surface area (Å²) in [4.78, 5) is 0. The maximum Gasteiger partial charge on any atom is 0.111 e. The Balaban J connectivity index is 2.99. The lowest BCUT2D eigenvalue weighted by Crippen LogP contribution is -2.67. The molecule has 0 nitrogen and oxygen atoms in total. The van der Waals surface area contributed by atoms with Gasteiger partial charge in [0.05, 0.1) is 0 Å². The molecule has 2 rings (SSSR count). The minimum absolute atomic E-state index is 0.138. The number of allylic oxidation sites excluding steroid dienone is 4. The monoisotopic (exact) mass is 340 g/mol. The van der Waals surface area contributed by atoms with Crippen molar-refractivity contribution in [3.8, 4) is 0 Å². The fourth-order valence-electron chi connectivity index (χ4n) is 6.26. The largest absolute Gasteiger partial charge is 0.111 e. The van der Waals surface area contributed by atoms with Gasteiger partial charge in [-0.2, -0.15) is 0 Å². The third-order valence-corrected chi connectivity index (χ3v) is 14.5. The molecule has 0 amide bonds. The lowest BCUT2D eigenvalue weighted by Gasteiger charge is -2.61. The van der Waals surface area contributed by atoms with Crippen molar-refractivity contribution < 1.29 is 0 Å². The van der Waals surface area contributed by atoms with Gasteiger partial charge in [0.2, 0.25) is 0 Å². The number of hydrogen-bond donors (Lipinski definition) is 0. The van der Waals surface area contributed by atoms with Gasteiger partial charge in [-0.15, -0.1) is 0 Å². The molecule has 1 aliphatic rings. The van der Waals surface area contributed by atoms with Crippen LogP contribution in [0.4, 0.5) is 0 Å². The summed E-state index contributed by atoms with van der Waals surface area (Å²) in [6.45, 7) is 24.4. The van der Waals surface area contributed by atoms with Gasteiger partial charge in [-0.05, 0) is 36.4 Å². The summed E-state index contributed by atoms with van der Waals surface area (Å²) in [7, 11) is -2.05. The van der Waals surface area contributed by atoms with E-state index in [1.165, 1.54) is 11.1 Å². The van der Waals surface area contributed by atoms with E-state index >= 15 is 0 Å². The van der Waals surface area contributed by atoms with E-state index in [2.05, 4.69) is 106 Å². The first-order chi connectivity index (χ1) is 10.8. The highest BCUT2D eigenvalue weighted by Gasteiger charge is 2.64. The zero-order valence-electron chi connectivity index (χ0n) is 17.5. The van der Waals surface area contributed by atoms with E-state index in [0.717, 1.165) is 0 Å². The van der Waals surface area contributed by atoms with Crippen molar-refractivity contribution in [2.75, 3.05) is 0 Å². The van der Waals surface area contributed by atoms with E-state index in [9.17, 15) is 0 Å². The predicted octanol–water partition coefficient (Wildman–Crippen LogP) is 7.00. The van der Waals surface area contributed by atoms with Gasteiger partial charge in [-0.3, -0.25) is 0 Å². The number of benzene rings is 1. The molecular formula is C23H36Si. The second-order valence-electron chi connectivity index (χ2n) is 9.90. The minimum atomic E-state index is -2.05. The Kier molecular flexibility index (Phi) is 4.59. The van der Waals surface area contributed by atoms with Gasteiger partial charge < -0.3 is 0 Å². The van der Waals surface area contributed by atoms with Crippen LogP contribution in [0.1, 0.15) is 69.2 Å². The molecule has 132 valence electrons. The zero-order valence-corrected chi connectivity index (χ0v) is 18.5. The van der Waals surface area contributed by atoms with Crippen LogP contribution in [0, 0.1) is 0 Å². The Hall–Kier alpha value is -1.08. The first kappa shape index (κ1) is 19.2. The van der Waals surface area contributed by atoms with Crippen LogP contribution in [0.5, 0.6) is 0 Å². The standard InChI is InChI=1S/C23H36Si/c1-17-16-23(10,19(3)18(17)2)24(21(4,5)6,22(7,8)9)20-14-12-11-13-15-20/h11-16H,1-10H3. The molecule has 0 heterocycles. The highest BCUT2D eigenvalue weighted by atomic mass is 28.3. The molecule has 24 heavy (non-hydrogen) atoms. The smallest absolute Gasteiger partial charge is 0.0736 e. The Morgan fingerprint density at radius 3 is 1.58 bits per heavy atom. The molecular weight excluding hydrogens is 304 g/mol. The van der Waals surface area contributed by atoms with E-state index in [0.29, 0.717) is 0 Å². The molecule has 1 atom stereocenters. The van der Waals surface area contributed by atoms with Crippen LogP contribution in [0.25, 0.3) is 0 Å². The van der Waals surface area contributed by atoms with Gasteiger partial charge in [0.25, 0.3) is 0 Å². The second kappa shape index (κ2) is 5.73. The zero-order chi connectivity index (χ0) is 18.6. The predicted molar refractivity (Wildman–Crippen MR) is 112 cm³/mol. The molecule has 1 aliphatic carbocycles. The molecule has 0 N–H and O–H groups in total. The van der Waals surface area contributed by atoms with Crippen LogP contribution < -0.4 is 5.19 Å². The Labute approximate surface area is 151 Å². The quantitative estimate of drug-likeness (QED) is 0.508. The third kappa shape index (κ3) is 2.39. The van der Waals surface area contributed by atoms with Crippen molar-refractivity contribution in [1.29, 1.82) is 0 Å². The van der Waals surface area contributed by atoms with E-state index < -0.39 is 8.07 Å². The van der Waals surface area contributed by atoms with Crippen LogP contribution in [-0.4, -0.2) is 8.07 Å². The van der Waals surface area contributed by atoms with Crippen molar-refractivity contribution in [3.63, 3.8) is 0 Å². The van der Waals surface area contributed by atoms with Crippen molar-refractivity contribution in [2.24, 2.45) is 0 Å². The van der Waals surface area contributed by atoms with Gasteiger partial charge in [0.15, 0.2) is 0 Å². The topological polar surface area (TPSA) is 0 Å². The fourth-order valence-corrected chi connectivity index (χ4v) is 15.8. The first-order valence-corrected chi connectivity index (χ1v) is 11.2. The summed E-state index contributed by atoms with van der Waals surface area (Å²) >= 11 is 0. The summed E-state index contributed by atoms with van der Waals surface area (Å²) in [5.74, 6) is 0. The lowest BCUT2D eigenvalue weighted by molar-refractivity contribution is 0.579. The van der Waals surface area contributed by atoms with E-state index in [-0.39, 0.29) is 15.1 Å². The molecule has 0 spiro atoms. The number of hydrogen-bond acceptors (Lipinski definition) is 0. The second-order valence-corrected chi connectivity index (χ2v) is 16.0. The normalized spacial score (nSPS) is 22.8. The van der Waals surface area contributed by atoms with Crippen LogP contribution >= 0.6 is 0 Å². The van der Waals surface area contributed by atoms with Crippen LogP contribution in [-0.2, 0) is 0 Å². The van der Waals surface area contributed by atoms with Crippen molar-refractivity contribution in [3.05, 3.63) is 53.1 Å². The van der Waals surface area contributed by atoms with Gasteiger partial charge in [0.1, 0.15) is 8.07 Å². The molecule has 1 aromatic carbocycles. The Morgan fingerprint density at radius 2 is 1.25 bits per heavy atom. The van der Waals surface area contributed by atoms with Crippen LogP contribution in [0.3, 0.4) is 0 Å². The summed E-state index contributed by atoms with van der Waals surface area (Å²) in [5.41, 5.74) is 4.55. The summed E-state index contributed by atoms with van der Waals surface area (Å²) in [6.07, 6.45) is 2.60. The van der Waals surface area contributed by atoms with E-state index in [4.69, 9.17) is 0 Å².